The summed E-state index contributed by atoms with van der Waals surface area (Å²) in [6, 6.07) is 3.81. The van der Waals surface area contributed by atoms with E-state index >= 15 is 0 Å². The van der Waals surface area contributed by atoms with Crippen LogP contribution in [0.2, 0.25) is 0 Å². The van der Waals surface area contributed by atoms with E-state index in [4.69, 9.17) is 16.4 Å². The van der Waals surface area contributed by atoms with Crippen molar-refractivity contribution in [3.63, 3.8) is 0 Å². The first-order valence-corrected chi connectivity index (χ1v) is 4.23. The van der Waals surface area contributed by atoms with Gasteiger partial charge in [0.25, 0.3) is 0 Å². The van der Waals surface area contributed by atoms with E-state index in [2.05, 4.69) is 10.0 Å². The van der Waals surface area contributed by atoms with E-state index in [0.29, 0.717) is 0 Å². The largest absolute Gasteiger partial charge is 0.478 e. The second-order valence-electron chi connectivity index (χ2n) is 2.92. The Labute approximate surface area is 90.1 Å². The summed E-state index contributed by atoms with van der Waals surface area (Å²) in [5.41, 5.74) is 13.6. The van der Waals surface area contributed by atoms with Crippen molar-refractivity contribution in [1.82, 2.24) is 0 Å². The number of rotatable bonds is 4. The van der Waals surface area contributed by atoms with Gasteiger partial charge in [0.2, 0.25) is 0 Å². The maximum atomic E-state index is 11.4. The lowest BCUT2D eigenvalue weighted by molar-refractivity contribution is 0.0697. The van der Waals surface area contributed by atoms with Crippen LogP contribution in [0.5, 0.6) is 0 Å². The summed E-state index contributed by atoms with van der Waals surface area (Å²) in [4.78, 5) is 24.5. The number of aromatic carboxylic acids is 1. The zero-order valence-electron chi connectivity index (χ0n) is 8.12. The van der Waals surface area contributed by atoms with Crippen LogP contribution < -0.4 is 5.73 Å². The second-order valence-corrected chi connectivity index (χ2v) is 2.92. The molecular weight excluding hydrogens is 212 g/mol. The fourth-order valence-corrected chi connectivity index (χ4v) is 1.12. The zero-order valence-corrected chi connectivity index (χ0v) is 8.12. The van der Waals surface area contributed by atoms with Gasteiger partial charge < -0.3 is 10.8 Å². The summed E-state index contributed by atoms with van der Waals surface area (Å²) in [6.07, 6.45) is 0. The summed E-state index contributed by atoms with van der Waals surface area (Å²) in [5, 5.41) is 11.8. The Hall–Kier alpha value is -2.53. The Bertz CT molecular complexity index is 492. The van der Waals surface area contributed by atoms with E-state index in [9.17, 15) is 9.59 Å². The van der Waals surface area contributed by atoms with E-state index in [1.165, 1.54) is 18.2 Å². The fraction of sp³-hybridized carbons (Fsp3) is 0.111. The van der Waals surface area contributed by atoms with Crippen molar-refractivity contribution in [2.24, 2.45) is 5.11 Å². The maximum absolute atomic E-state index is 11.4. The number of carboxylic acid groups (broad SMARTS) is 1. The number of benzene rings is 1. The van der Waals surface area contributed by atoms with Crippen molar-refractivity contribution in [2.45, 2.75) is 0 Å². The van der Waals surface area contributed by atoms with Gasteiger partial charge in [-0.05, 0) is 17.7 Å². The number of nitrogens with two attached hydrogens (primary N) is 1. The lowest BCUT2D eigenvalue weighted by atomic mass is 10.1. The van der Waals surface area contributed by atoms with Gasteiger partial charge in [-0.3, -0.25) is 4.79 Å². The molecule has 1 aromatic rings. The van der Waals surface area contributed by atoms with Gasteiger partial charge in [0.1, 0.15) is 0 Å². The molecular formula is C9H8N4O3. The fourth-order valence-electron chi connectivity index (χ4n) is 1.12. The van der Waals surface area contributed by atoms with Gasteiger partial charge in [-0.2, -0.15) is 0 Å². The number of carboxylic acids is 1. The van der Waals surface area contributed by atoms with Gasteiger partial charge in [0.05, 0.1) is 12.1 Å². The van der Waals surface area contributed by atoms with Crippen molar-refractivity contribution in [2.75, 3.05) is 12.3 Å². The molecule has 0 radical (unpaired) electrons. The molecule has 0 heterocycles. The first-order chi connectivity index (χ1) is 7.56. The molecule has 1 rings (SSSR count). The van der Waals surface area contributed by atoms with Crippen LogP contribution in [0.1, 0.15) is 20.7 Å². The summed E-state index contributed by atoms with van der Waals surface area (Å²) < 4.78 is 0. The van der Waals surface area contributed by atoms with Gasteiger partial charge in [0.15, 0.2) is 5.78 Å². The zero-order chi connectivity index (χ0) is 12.1. The molecule has 0 aliphatic heterocycles. The highest BCUT2D eigenvalue weighted by Gasteiger charge is 2.11. The number of Topliss-reactive ketones (excluding diaryl/α,β-unsaturated/α-hetero) is 1. The summed E-state index contributed by atoms with van der Waals surface area (Å²) in [5.74, 6) is -1.58. The third-order valence-electron chi connectivity index (χ3n) is 1.88. The monoisotopic (exact) mass is 220 g/mol. The smallest absolute Gasteiger partial charge is 0.337 e. The Morgan fingerprint density at radius 3 is 2.69 bits per heavy atom. The van der Waals surface area contributed by atoms with Gasteiger partial charge in [0, 0.05) is 16.2 Å². The van der Waals surface area contributed by atoms with E-state index in [-0.39, 0.29) is 23.4 Å². The van der Waals surface area contributed by atoms with E-state index in [0.717, 1.165) is 0 Å². The molecule has 7 nitrogen and oxygen atoms in total. The van der Waals surface area contributed by atoms with Crippen molar-refractivity contribution < 1.29 is 14.7 Å². The second kappa shape index (κ2) is 4.81. The molecule has 16 heavy (non-hydrogen) atoms. The molecule has 0 spiro atoms. The van der Waals surface area contributed by atoms with Gasteiger partial charge in [-0.25, -0.2) is 4.79 Å². The van der Waals surface area contributed by atoms with Crippen LogP contribution in [-0.2, 0) is 0 Å². The molecule has 0 aromatic heterocycles. The standard InChI is InChI=1S/C9H8N4O3/c10-7-3-5(8(14)4-12-13-11)1-2-6(7)9(15)16/h1-3H,4,10H2,(H,15,16). The number of hydrogen-bond donors (Lipinski definition) is 2. The van der Waals surface area contributed by atoms with Crippen LogP contribution in [0, 0.1) is 0 Å². The maximum Gasteiger partial charge on any atom is 0.337 e. The lowest BCUT2D eigenvalue weighted by Gasteiger charge is -2.02. The number of carbonyl (C=O) groups excluding carboxylic acids is 1. The molecule has 0 aliphatic carbocycles. The number of ketones is 1. The predicted molar refractivity (Wildman–Crippen MR) is 56.2 cm³/mol. The number of azide groups is 1. The molecule has 0 aliphatic rings. The van der Waals surface area contributed by atoms with Crippen LogP contribution in [0.4, 0.5) is 5.69 Å². The molecule has 0 bridgehead atoms. The van der Waals surface area contributed by atoms with Crippen molar-refractivity contribution in [1.29, 1.82) is 0 Å². The molecule has 0 fully saturated rings. The third-order valence-corrected chi connectivity index (χ3v) is 1.88. The highest BCUT2D eigenvalue weighted by molar-refractivity contribution is 6.01. The van der Waals surface area contributed by atoms with Crippen LogP contribution in [-0.4, -0.2) is 23.4 Å². The average Bonchev–Trinajstić information content (AvgIpc) is 2.25. The van der Waals surface area contributed by atoms with Crippen LogP contribution >= 0.6 is 0 Å². The number of carbonyl (C=O) groups is 2. The van der Waals surface area contributed by atoms with Gasteiger partial charge >= 0.3 is 5.97 Å². The number of nitrogens with zero attached hydrogens (tertiary/aromatic N) is 3. The molecule has 7 heteroatoms. The molecule has 0 unspecified atom stereocenters. The first kappa shape index (κ1) is 11.5. The molecule has 0 saturated carbocycles. The quantitative estimate of drug-likeness (QED) is 0.261. The third kappa shape index (κ3) is 2.49. The Morgan fingerprint density at radius 2 is 2.19 bits per heavy atom. The van der Waals surface area contributed by atoms with Gasteiger partial charge in [-0.1, -0.05) is 11.2 Å². The number of hydrogen-bond acceptors (Lipinski definition) is 4. The Balaban J connectivity index is 3.01. The summed E-state index contributed by atoms with van der Waals surface area (Å²) >= 11 is 0. The molecule has 3 N–H and O–H groups in total. The normalized spacial score (nSPS) is 9.25. The van der Waals surface area contributed by atoms with E-state index in [1.54, 1.807) is 0 Å². The van der Waals surface area contributed by atoms with E-state index < -0.39 is 11.8 Å². The van der Waals surface area contributed by atoms with Crippen LogP contribution in [0.3, 0.4) is 0 Å². The summed E-state index contributed by atoms with van der Waals surface area (Å²) in [7, 11) is 0. The molecule has 0 saturated heterocycles. The molecule has 0 atom stereocenters. The SMILES string of the molecule is [N-]=[N+]=NCC(=O)c1ccc(C(=O)O)c(N)c1. The minimum atomic E-state index is -1.16. The van der Waals surface area contributed by atoms with Crippen LogP contribution in [0.25, 0.3) is 10.4 Å². The minimum absolute atomic E-state index is 0.000660. The lowest BCUT2D eigenvalue weighted by Crippen LogP contribution is -2.07. The Morgan fingerprint density at radius 1 is 1.50 bits per heavy atom. The van der Waals surface area contributed by atoms with Crippen molar-refractivity contribution in [3.05, 3.63) is 39.8 Å². The molecule has 1 aromatic carbocycles. The first-order valence-electron chi connectivity index (χ1n) is 4.23. The Kier molecular flexibility index (Phi) is 3.47. The molecule has 82 valence electrons. The molecule has 0 amide bonds. The highest BCUT2D eigenvalue weighted by Crippen LogP contribution is 2.14. The van der Waals surface area contributed by atoms with Crippen LogP contribution in [0.15, 0.2) is 23.3 Å². The van der Waals surface area contributed by atoms with Gasteiger partial charge in [-0.15, -0.1) is 0 Å². The average molecular weight is 220 g/mol. The van der Waals surface area contributed by atoms with Crippen molar-refractivity contribution in [3.8, 4) is 0 Å². The minimum Gasteiger partial charge on any atom is -0.478 e. The highest BCUT2D eigenvalue weighted by atomic mass is 16.4. The van der Waals surface area contributed by atoms with Crippen molar-refractivity contribution >= 4 is 17.4 Å². The van der Waals surface area contributed by atoms with E-state index in [1.807, 2.05) is 0 Å². The number of anilines is 1. The topological polar surface area (TPSA) is 129 Å². The number of nitrogen functional groups attached to an aromatic ring is 1. The predicted octanol–water partition coefficient (Wildman–Crippen LogP) is 1.46. The summed E-state index contributed by atoms with van der Waals surface area (Å²) in [6.45, 7) is -0.317.